The fourth-order valence-electron chi connectivity index (χ4n) is 3.11. The van der Waals surface area contributed by atoms with Crippen LogP contribution in [0.3, 0.4) is 0 Å². The van der Waals surface area contributed by atoms with Crippen LogP contribution in [0.25, 0.3) is 22.3 Å². The number of allylic oxidation sites excluding steroid dienone is 1. The Morgan fingerprint density at radius 3 is 2.59 bits per heavy atom. The fraction of sp³-hybridized carbons (Fsp3) is 0.0909. The number of aliphatic hydroxyl groups is 2. The second-order valence-corrected chi connectivity index (χ2v) is 7.71. The van der Waals surface area contributed by atoms with Gasteiger partial charge in [-0.2, -0.15) is 0 Å². The highest BCUT2D eigenvalue weighted by atomic mass is 35.5. The zero-order valence-corrected chi connectivity index (χ0v) is 16.8. The van der Waals surface area contributed by atoms with E-state index < -0.39 is 0 Å². The number of nitrogens with zero attached hydrogens (tertiary/aromatic N) is 2. The van der Waals surface area contributed by atoms with Gasteiger partial charge in [0.05, 0.1) is 24.6 Å². The Labute approximate surface area is 176 Å². The van der Waals surface area contributed by atoms with E-state index in [0.717, 1.165) is 21.9 Å². The van der Waals surface area contributed by atoms with Gasteiger partial charge in [0.2, 0.25) is 0 Å². The van der Waals surface area contributed by atoms with Gasteiger partial charge in [0.15, 0.2) is 10.7 Å². The third kappa shape index (κ3) is 3.88. The Hall–Kier alpha value is -2.77. The first kappa shape index (κ1) is 19.5. The summed E-state index contributed by atoms with van der Waals surface area (Å²) in [5, 5.41) is 21.4. The minimum atomic E-state index is -0.237. The number of benzene rings is 2. The van der Waals surface area contributed by atoms with Crippen molar-refractivity contribution in [2.45, 2.75) is 13.2 Å². The van der Waals surface area contributed by atoms with Crippen LogP contribution in [-0.2, 0) is 13.2 Å². The van der Waals surface area contributed by atoms with Crippen molar-refractivity contribution >= 4 is 39.8 Å². The molecule has 0 saturated carbocycles. The van der Waals surface area contributed by atoms with Gasteiger partial charge >= 0.3 is 0 Å². The number of aromatic nitrogens is 2. The lowest BCUT2D eigenvalue weighted by atomic mass is 10.0. The number of thiazole rings is 1. The summed E-state index contributed by atoms with van der Waals surface area (Å²) in [5.74, 6) is -0.198. The second kappa shape index (κ2) is 8.31. The second-order valence-electron chi connectivity index (χ2n) is 6.41. The van der Waals surface area contributed by atoms with E-state index in [4.69, 9.17) is 11.6 Å². The van der Waals surface area contributed by atoms with Crippen molar-refractivity contribution in [3.05, 3.63) is 87.5 Å². The zero-order valence-electron chi connectivity index (χ0n) is 15.2. The van der Waals surface area contributed by atoms with E-state index in [1.165, 1.54) is 17.4 Å². The lowest BCUT2D eigenvalue weighted by Gasteiger charge is -2.06. The van der Waals surface area contributed by atoms with Crippen LogP contribution in [0.4, 0.5) is 0 Å². The van der Waals surface area contributed by atoms with Gasteiger partial charge < -0.3 is 10.2 Å². The number of imidazole rings is 1. The highest BCUT2D eigenvalue weighted by molar-refractivity contribution is 7.15. The zero-order chi connectivity index (χ0) is 20.4. The molecule has 0 spiro atoms. The number of carbonyl (C=O) groups is 1. The van der Waals surface area contributed by atoms with Gasteiger partial charge in [0.1, 0.15) is 0 Å². The van der Waals surface area contributed by atoms with E-state index in [1.54, 1.807) is 24.3 Å². The maximum Gasteiger partial charge on any atom is 0.194 e. The van der Waals surface area contributed by atoms with Gasteiger partial charge in [-0.05, 0) is 41.5 Å². The number of hydrogen-bond donors (Lipinski definition) is 2. The largest absolute Gasteiger partial charge is 0.392 e. The average Bonchev–Trinajstić information content (AvgIpc) is 3.33. The molecule has 146 valence electrons. The van der Waals surface area contributed by atoms with Gasteiger partial charge in [-0.25, -0.2) is 4.98 Å². The van der Waals surface area contributed by atoms with E-state index in [2.05, 4.69) is 4.98 Å². The molecule has 0 saturated heterocycles. The van der Waals surface area contributed by atoms with E-state index in [-0.39, 0.29) is 19.0 Å². The molecule has 7 heteroatoms. The number of aliphatic hydroxyl groups excluding tert-OH is 2. The van der Waals surface area contributed by atoms with E-state index in [0.29, 0.717) is 21.7 Å². The summed E-state index contributed by atoms with van der Waals surface area (Å²) >= 11 is 7.51. The van der Waals surface area contributed by atoms with Crippen molar-refractivity contribution in [3.63, 3.8) is 0 Å². The molecular formula is C22H17ClN2O3S. The fourth-order valence-corrected chi connectivity index (χ4v) is 3.96. The first-order valence-electron chi connectivity index (χ1n) is 8.88. The predicted octanol–water partition coefficient (Wildman–Crippen LogP) is 4.60. The molecule has 0 unspecified atom stereocenters. The first-order valence-corrected chi connectivity index (χ1v) is 10.1. The van der Waals surface area contributed by atoms with Crippen LogP contribution >= 0.6 is 22.9 Å². The van der Waals surface area contributed by atoms with Gasteiger partial charge in [0, 0.05) is 27.7 Å². The molecule has 0 fully saturated rings. The van der Waals surface area contributed by atoms with Crippen LogP contribution in [0.2, 0.25) is 5.02 Å². The molecule has 0 bridgehead atoms. The van der Waals surface area contributed by atoms with Crippen LogP contribution in [0.5, 0.6) is 0 Å². The molecule has 4 aromatic rings. The summed E-state index contributed by atoms with van der Waals surface area (Å²) < 4.78 is 1.94. The van der Waals surface area contributed by atoms with Crippen LogP contribution in [-0.4, -0.2) is 25.4 Å². The molecular weight excluding hydrogens is 408 g/mol. The molecule has 4 rings (SSSR count). The van der Waals surface area contributed by atoms with Gasteiger partial charge in [-0.3, -0.25) is 9.20 Å². The Bertz CT molecular complexity index is 1210. The van der Waals surface area contributed by atoms with Crippen LogP contribution in [0, 0.1) is 0 Å². The molecule has 2 aromatic heterocycles. The molecule has 2 N–H and O–H groups in total. The van der Waals surface area contributed by atoms with Crippen LogP contribution < -0.4 is 0 Å². The number of ketones is 1. The van der Waals surface area contributed by atoms with Crippen molar-refractivity contribution in [2.75, 3.05) is 0 Å². The highest BCUT2D eigenvalue weighted by Gasteiger charge is 2.14. The number of carbonyl (C=O) groups excluding carboxylic acids is 1. The molecule has 0 aliphatic heterocycles. The summed E-state index contributed by atoms with van der Waals surface area (Å²) in [5.41, 5.74) is 4.07. The third-order valence-corrected chi connectivity index (χ3v) is 5.65. The highest BCUT2D eigenvalue weighted by Crippen LogP contribution is 2.28. The SMILES string of the molecule is O=C(/C=C/c1c(-c2ccc(Cl)cc2)nc2sccn12)c1ccc(CO)c(CO)c1. The molecule has 5 nitrogen and oxygen atoms in total. The minimum Gasteiger partial charge on any atom is -0.392 e. The summed E-state index contributed by atoms with van der Waals surface area (Å²) in [6.07, 6.45) is 5.16. The lowest BCUT2D eigenvalue weighted by molar-refractivity contribution is 0.104. The number of hydrogen-bond acceptors (Lipinski definition) is 5. The molecule has 0 radical (unpaired) electrons. The number of rotatable bonds is 6. The van der Waals surface area contributed by atoms with E-state index in [1.807, 2.05) is 40.2 Å². The summed E-state index contributed by atoms with van der Waals surface area (Å²) in [6, 6.07) is 12.3. The lowest BCUT2D eigenvalue weighted by Crippen LogP contribution is -2.00. The Morgan fingerprint density at radius 1 is 1.10 bits per heavy atom. The maximum atomic E-state index is 12.7. The quantitative estimate of drug-likeness (QED) is 0.350. The normalized spacial score (nSPS) is 11.6. The van der Waals surface area contributed by atoms with Crippen molar-refractivity contribution in [3.8, 4) is 11.3 Å². The van der Waals surface area contributed by atoms with Crippen molar-refractivity contribution in [2.24, 2.45) is 0 Å². The minimum absolute atomic E-state index is 0.184. The topological polar surface area (TPSA) is 74.8 Å². The Balaban J connectivity index is 1.71. The van der Waals surface area contributed by atoms with Gasteiger partial charge in [-0.15, -0.1) is 11.3 Å². The Morgan fingerprint density at radius 2 is 1.86 bits per heavy atom. The van der Waals surface area contributed by atoms with Crippen molar-refractivity contribution in [1.29, 1.82) is 0 Å². The van der Waals surface area contributed by atoms with E-state index in [9.17, 15) is 15.0 Å². The monoisotopic (exact) mass is 424 g/mol. The molecule has 29 heavy (non-hydrogen) atoms. The standard InChI is InChI=1S/C22H17ClN2O3S/c23-18-5-3-14(4-6-18)21-19(25-9-10-29-22(25)24-21)7-8-20(28)15-1-2-16(12-26)17(11-15)13-27/h1-11,26-27H,12-13H2/b8-7+. The summed E-state index contributed by atoms with van der Waals surface area (Å²) in [7, 11) is 0. The summed E-state index contributed by atoms with van der Waals surface area (Å²) in [6.45, 7) is -0.420. The first-order chi connectivity index (χ1) is 14.1. The van der Waals surface area contributed by atoms with Crippen LogP contribution in [0.1, 0.15) is 27.2 Å². The van der Waals surface area contributed by atoms with Gasteiger partial charge in [-0.1, -0.05) is 35.9 Å². The Kier molecular flexibility index (Phi) is 5.60. The summed E-state index contributed by atoms with van der Waals surface area (Å²) in [4.78, 5) is 18.2. The van der Waals surface area contributed by atoms with Crippen molar-refractivity contribution in [1.82, 2.24) is 9.38 Å². The molecule has 2 heterocycles. The number of fused-ring (bicyclic) bond motifs is 1. The van der Waals surface area contributed by atoms with Gasteiger partial charge in [0.25, 0.3) is 0 Å². The van der Waals surface area contributed by atoms with E-state index >= 15 is 0 Å². The molecule has 2 aromatic carbocycles. The average molecular weight is 425 g/mol. The van der Waals surface area contributed by atoms with Crippen molar-refractivity contribution < 1.29 is 15.0 Å². The molecule has 0 atom stereocenters. The smallest absolute Gasteiger partial charge is 0.194 e. The maximum absolute atomic E-state index is 12.7. The predicted molar refractivity (Wildman–Crippen MR) is 115 cm³/mol. The molecule has 0 amide bonds. The third-order valence-electron chi connectivity index (χ3n) is 4.64. The van der Waals surface area contributed by atoms with Crippen LogP contribution in [0.15, 0.2) is 60.1 Å². The molecule has 0 aliphatic rings. The number of halogens is 1. The molecule has 0 aliphatic carbocycles.